The number of thiophene rings is 1. The fraction of sp³-hybridized carbons (Fsp3) is 0.667. The first-order valence-electron chi connectivity index (χ1n) is 7.31. The molecule has 0 aliphatic carbocycles. The third kappa shape index (κ3) is 2.43. The standard InChI is InChI=1S/C15H22N2OS/c1-2-13-15(8-6-14(18)16-15)7-4-9-17(13)11-12-5-3-10-19-12/h3,5,10,13H,2,4,6-9,11H2,1H3,(H,16,18)/t13-,15+/m0/s1. The highest BCUT2D eigenvalue weighted by atomic mass is 32.1. The Labute approximate surface area is 119 Å². The maximum atomic E-state index is 11.7. The molecule has 2 atom stereocenters. The van der Waals surface area contributed by atoms with Crippen LogP contribution in [0.4, 0.5) is 0 Å². The molecule has 3 rings (SSSR count). The lowest BCUT2D eigenvalue weighted by Gasteiger charge is -2.48. The van der Waals surface area contributed by atoms with Gasteiger partial charge in [-0.05, 0) is 43.7 Å². The highest BCUT2D eigenvalue weighted by Gasteiger charge is 2.47. The topological polar surface area (TPSA) is 32.3 Å². The SMILES string of the molecule is CC[C@@H]1N(Cc2cccs2)CCC[C@@]12CCC(=O)N2. The number of likely N-dealkylation sites (tertiary alicyclic amines) is 1. The van der Waals surface area contributed by atoms with Crippen LogP contribution >= 0.6 is 11.3 Å². The molecule has 0 saturated carbocycles. The van der Waals surface area contributed by atoms with Crippen molar-refractivity contribution < 1.29 is 4.79 Å². The van der Waals surface area contributed by atoms with Crippen LogP contribution in [-0.2, 0) is 11.3 Å². The zero-order valence-corrected chi connectivity index (χ0v) is 12.3. The third-order valence-electron chi connectivity index (χ3n) is 4.66. The molecule has 0 unspecified atom stereocenters. The Morgan fingerprint density at radius 1 is 1.53 bits per heavy atom. The van der Waals surface area contributed by atoms with Gasteiger partial charge in [0.15, 0.2) is 0 Å². The van der Waals surface area contributed by atoms with Crippen molar-refractivity contribution in [3.05, 3.63) is 22.4 Å². The van der Waals surface area contributed by atoms with Gasteiger partial charge in [-0.15, -0.1) is 11.3 Å². The van der Waals surface area contributed by atoms with E-state index in [4.69, 9.17) is 0 Å². The fourth-order valence-corrected chi connectivity index (χ4v) is 4.62. The van der Waals surface area contributed by atoms with Gasteiger partial charge < -0.3 is 5.32 Å². The Kier molecular flexibility index (Phi) is 3.63. The summed E-state index contributed by atoms with van der Waals surface area (Å²) in [7, 11) is 0. The lowest BCUT2D eigenvalue weighted by molar-refractivity contribution is -0.120. The van der Waals surface area contributed by atoms with Crippen LogP contribution in [0.3, 0.4) is 0 Å². The first-order chi connectivity index (χ1) is 9.23. The van der Waals surface area contributed by atoms with E-state index < -0.39 is 0 Å². The molecule has 2 aliphatic heterocycles. The van der Waals surface area contributed by atoms with E-state index >= 15 is 0 Å². The fourth-order valence-electron chi connectivity index (χ4n) is 3.89. The Balaban J connectivity index is 1.78. The zero-order chi connectivity index (χ0) is 13.3. The highest BCUT2D eigenvalue weighted by Crippen LogP contribution is 2.37. The van der Waals surface area contributed by atoms with Gasteiger partial charge in [-0.3, -0.25) is 9.69 Å². The molecule has 3 nitrogen and oxygen atoms in total. The van der Waals surface area contributed by atoms with Crippen molar-refractivity contribution in [3.8, 4) is 0 Å². The van der Waals surface area contributed by atoms with Crippen LogP contribution in [0, 0.1) is 0 Å². The molecule has 1 aromatic heterocycles. The zero-order valence-electron chi connectivity index (χ0n) is 11.5. The molecule has 1 aromatic rings. The van der Waals surface area contributed by atoms with Crippen LogP contribution < -0.4 is 5.32 Å². The predicted molar refractivity (Wildman–Crippen MR) is 78.1 cm³/mol. The average Bonchev–Trinajstić information content (AvgIpc) is 3.01. The second-order valence-corrected chi connectivity index (χ2v) is 6.81. The first-order valence-corrected chi connectivity index (χ1v) is 8.19. The number of nitrogens with zero attached hydrogens (tertiary/aromatic N) is 1. The van der Waals surface area contributed by atoms with E-state index in [1.807, 2.05) is 11.3 Å². The van der Waals surface area contributed by atoms with Gasteiger partial charge in [0, 0.05) is 23.9 Å². The van der Waals surface area contributed by atoms with Crippen molar-refractivity contribution in [2.45, 2.75) is 57.2 Å². The van der Waals surface area contributed by atoms with Crippen molar-refractivity contribution in [2.75, 3.05) is 6.54 Å². The summed E-state index contributed by atoms with van der Waals surface area (Å²) in [4.78, 5) is 15.7. The van der Waals surface area contributed by atoms with Gasteiger partial charge in [-0.25, -0.2) is 0 Å². The number of rotatable bonds is 3. The van der Waals surface area contributed by atoms with Gasteiger partial charge in [0.25, 0.3) is 0 Å². The van der Waals surface area contributed by atoms with Crippen LogP contribution in [0.1, 0.15) is 43.9 Å². The average molecular weight is 278 g/mol. The van der Waals surface area contributed by atoms with Crippen molar-refractivity contribution in [1.29, 1.82) is 0 Å². The largest absolute Gasteiger partial charge is 0.349 e. The summed E-state index contributed by atoms with van der Waals surface area (Å²) < 4.78 is 0. The van der Waals surface area contributed by atoms with Crippen molar-refractivity contribution in [2.24, 2.45) is 0 Å². The van der Waals surface area contributed by atoms with Crippen LogP contribution in [-0.4, -0.2) is 28.9 Å². The second-order valence-electron chi connectivity index (χ2n) is 5.78. The summed E-state index contributed by atoms with van der Waals surface area (Å²) in [5.41, 5.74) is 0.0569. The maximum Gasteiger partial charge on any atom is 0.220 e. The van der Waals surface area contributed by atoms with Gasteiger partial charge >= 0.3 is 0 Å². The van der Waals surface area contributed by atoms with Crippen molar-refractivity contribution in [1.82, 2.24) is 10.2 Å². The quantitative estimate of drug-likeness (QED) is 0.922. The number of carbonyl (C=O) groups is 1. The molecular weight excluding hydrogens is 256 g/mol. The van der Waals surface area contributed by atoms with Crippen LogP contribution in [0.2, 0.25) is 0 Å². The summed E-state index contributed by atoms with van der Waals surface area (Å²) in [5.74, 6) is 0.247. The van der Waals surface area contributed by atoms with Crippen LogP contribution in [0.15, 0.2) is 17.5 Å². The van der Waals surface area contributed by atoms with E-state index in [1.165, 1.54) is 11.3 Å². The van der Waals surface area contributed by atoms with E-state index in [-0.39, 0.29) is 11.4 Å². The number of hydrogen-bond donors (Lipinski definition) is 1. The number of amides is 1. The Morgan fingerprint density at radius 3 is 3.05 bits per heavy atom. The molecule has 4 heteroatoms. The molecule has 1 amide bonds. The van der Waals surface area contributed by atoms with Gasteiger partial charge in [0.1, 0.15) is 0 Å². The summed E-state index contributed by atoms with van der Waals surface area (Å²) in [6, 6.07) is 4.83. The smallest absolute Gasteiger partial charge is 0.220 e. The van der Waals surface area contributed by atoms with E-state index in [9.17, 15) is 4.79 Å². The van der Waals surface area contributed by atoms with Crippen molar-refractivity contribution in [3.63, 3.8) is 0 Å². The number of carbonyl (C=O) groups excluding carboxylic acids is 1. The van der Waals surface area contributed by atoms with Gasteiger partial charge in [0.05, 0.1) is 5.54 Å². The third-order valence-corrected chi connectivity index (χ3v) is 5.52. The summed E-state index contributed by atoms with van der Waals surface area (Å²) in [5, 5.41) is 5.45. The molecule has 19 heavy (non-hydrogen) atoms. The number of hydrogen-bond acceptors (Lipinski definition) is 3. The Bertz CT molecular complexity index is 445. The minimum atomic E-state index is 0.0569. The van der Waals surface area contributed by atoms with Gasteiger partial charge in [-0.1, -0.05) is 13.0 Å². The van der Waals surface area contributed by atoms with Crippen LogP contribution in [0.25, 0.3) is 0 Å². The molecule has 104 valence electrons. The van der Waals surface area contributed by atoms with Gasteiger partial charge in [0.2, 0.25) is 5.91 Å². The van der Waals surface area contributed by atoms with Crippen molar-refractivity contribution >= 4 is 17.2 Å². The van der Waals surface area contributed by atoms with E-state index in [0.717, 1.165) is 32.4 Å². The minimum absolute atomic E-state index is 0.0569. The monoisotopic (exact) mass is 278 g/mol. The molecule has 0 aromatic carbocycles. The van der Waals surface area contributed by atoms with E-state index in [0.29, 0.717) is 12.5 Å². The molecule has 2 saturated heterocycles. The number of piperidine rings is 1. The predicted octanol–water partition coefficient (Wildman–Crippen LogP) is 2.77. The molecule has 1 N–H and O–H groups in total. The molecule has 3 heterocycles. The number of nitrogens with one attached hydrogen (secondary N) is 1. The maximum absolute atomic E-state index is 11.7. The summed E-state index contributed by atoms with van der Waals surface area (Å²) >= 11 is 1.83. The first kappa shape index (κ1) is 13.1. The Hall–Kier alpha value is -0.870. The van der Waals surface area contributed by atoms with E-state index in [2.05, 4.69) is 34.7 Å². The molecule has 2 aliphatic rings. The molecule has 1 spiro atoms. The normalized spacial score (nSPS) is 31.8. The molecule has 2 fully saturated rings. The highest BCUT2D eigenvalue weighted by molar-refractivity contribution is 7.09. The van der Waals surface area contributed by atoms with Crippen LogP contribution in [0.5, 0.6) is 0 Å². The lowest BCUT2D eigenvalue weighted by atomic mass is 9.78. The molecule has 0 radical (unpaired) electrons. The second kappa shape index (κ2) is 5.25. The van der Waals surface area contributed by atoms with Gasteiger partial charge in [-0.2, -0.15) is 0 Å². The summed E-state index contributed by atoms with van der Waals surface area (Å²) in [6.45, 7) is 4.45. The molecule has 0 bridgehead atoms. The Morgan fingerprint density at radius 2 is 2.42 bits per heavy atom. The van der Waals surface area contributed by atoms with E-state index in [1.54, 1.807) is 0 Å². The molecular formula is C15H22N2OS. The summed E-state index contributed by atoms with van der Waals surface area (Å²) in [6.07, 6.45) is 5.20. The minimum Gasteiger partial charge on any atom is -0.349 e. The lowest BCUT2D eigenvalue weighted by Crippen LogP contribution is -2.61.